The van der Waals surface area contributed by atoms with Gasteiger partial charge in [0, 0.05) is 0 Å². The molecular formula is C13H14OSe. The average molecular weight is 265 g/mol. The molecule has 0 amide bonds. The van der Waals surface area contributed by atoms with Gasteiger partial charge in [0.05, 0.1) is 0 Å². The van der Waals surface area contributed by atoms with Crippen molar-refractivity contribution < 1.29 is 4.79 Å². The van der Waals surface area contributed by atoms with Crippen LogP contribution < -0.4 is 4.46 Å². The SMILES string of the molecule is C/C(=C/C(=O)[Se]c1ccccc1)C1CC1. The van der Waals surface area contributed by atoms with Crippen molar-refractivity contribution in [2.75, 3.05) is 0 Å². The second kappa shape index (κ2) is 4.78. The first kappa shape index (κ1) is 10.7. The van der Waals surface area contributed by atoms with Gasteiger partial charge in [0.1, 0.15) is 0 Å². The van der Waals surface area contributed by atoms with Gasteiger partial charge in [0.15, 0.2) is 0 Å². The first-order valence-corrected chi connectivity index (χ1v) is 6.92. The number of carbonyl (C=O) groups excluding carboxylic acids is 1. The second-order valence-electron chi connectivity index (χ2n) is 3.90. The van der Waals surface area contributed by atoms with Crippen LogP contribution in [0.2, 0.25) is 0 Å². The topological polar surface area (TPSA) is 17.1 Å². The Labute approximate surface area is 96.7 Å². The van der Waals surface area contributed by atoms with E-state index in [-0.39, 0.29) is 19.6 Å². The molecule has 15 heavy (non-hydrogen) atoms. The monoisotopic (exact) mass is 266 g/mol. The first-order valence-electron chi connectivity index (χ1n) is 5.21. The summed E-state index contributed by atoms with van der Waals surface area (Å²) in [7, 11) is 0. The van der Waals surface area contributed by atoms with Gasteiger partial charge in [-0.05, 0) is 0 Å². The molecule has 0 atom stereocenters. The molecule has 0 saturated heterocycles. The standard InChI is InChI=1S/C13H14OSe/c1-10(11-7-8-11)9-13(14)15-12-5-3-2-4-6-12/h2-6,9,11H,7-8H2,1H3/b10-9-. The van der Waals surface area contributed by atoms with E-state index >= 15 is 0 Å². The number of rotatable bonds is 4. The maximum absolute atomic E-state index is 11.7. The molecule has 78 valence electrons. The van der Waals surface area contributed by atoms with E-state index in [4.69, 9.17) is 0 Å². The zero-order valence-corrected chi connectivity index (χ0v) is 10.5. The van der Waals surface area contributed by atoms with Gasteiger partial charge in [-0.25, -0.2) is 0 Å². The van der Waals surface area contributed by atoms with Gasteiger partial charge in [-0.3, -0.25) is 0 Å². The summed E-state index contributed by atoms with van der Waals surface area (Å²) in [6.45, 7) is 2.08. The van der Waals surface area contributed by atoms with E-state index in [0.29, 0.717) is 5.92 Å². The third kappa shape index (κ3) is 3.33. The van der Waals surface area contributed by atoms with Crippen molar-refractivity contribution in [2.45, 2.75) is 19.8 Å². The molecule has 1 saturated carbocycles. The molecule has 1 aromatic rings. The number of carbonyl (C=O) groups is 1. The number of benzene rings is 1. The van der Waals surface area contributed by atoms with Gasteiger partial charge in [0.2, 0.25) is 0 Å². The third-order valence-electron chi connectivity index (χ3n) is 2.53. The second-order valence-corrected chi connectivity index (χ2v) is 6.16. The van der Waals surface area contributed by atoms with Crippen molar-refractivity contribution in [1.82, 2.24) is 0 Å². The predicted octanol–water partition coefficient (Wildman–Crippen LogP) is 1.90. The normalized spacial score (nSPS) is 16.5. The Hall–Kier alpha value is -0.851. The molecule has 1 aliphatic rings. The van der Waals surface area contributed by atoms with Crippen molar-refractivity contribution in [2.24, 2.45) is 5.92 Å². The van der Waals surface area contributed by atoms with E-state index < -0.39 is 0 Å². The van der Waals surface area contributed by atoms with Crippen LogP contribution in [-0.4, -0.2) is 19.6 Å². The molecule has 0 spiro atoms. The maximum atomic E-state index is 11.7. The minimum atomic E-state index is -0.0442. The van der Waals surface area contributed by atoms with Gasteiger partial charge in [-0.1, -0.05) is 0 Å². The van der Waals surface area contributed by atoms with E-state index in [2.05, 4.69) is 6.92 Å². The summed E-state index contributed by atoms with van der Waals surface area (Å²) in [6, 6.07) is 10.0. The Morgan fingerprint density at radius 2 is 2.00 bits per heavy atom. The average Bonchev–Trinajstić information content (AvgIpc) is 3.01. The molecule has 0 radical (unpaired) electrons. The summed E-state index contributed by atoms with van der Waals surface area (Å²) < 4.78 is 1.45. The molecule has 0 unspecified atom stereocenters. The van der Waals surface area contributed by atoms with Crippen LogP contribution in [0, 0.1) is 5.92 Å². The summed E-state index contributed by atoms with van der Waals surface area (Å²) in [6.07, 6.45) is 4.40. The summed E-state index contributed by atoms with van der Waals surface area (Å²) in [4.78, 5) is 11.7. The summed E-state index contributed by atoms with van der Waals surface area (Å²) >= 11 is -0.0442. The molecule has 1 aliphatic carbocycles. The first-order chi connectivity index (χ1) is 7.25. The van der Waals surface area contributed by atoms with Crippen LogP contribution in [0.5, 0.6) is 0 Å². The Morgan fingerprint density at radius 3 is 2.60 bits per heavy atom. The quantitative estimate of drug-likeness (QED) is 0.600. The molecule has 0 bridgehead atoms. The molecule has 1 aromatic carbocycles. The van der Waals surface area contributed by atoms with E-state index in [1.54, 1.807) is 0 Å². The number of hydrogen-bond acceptors (Lipinski definition) is 1. The van der Waals surface area contributed by atoms with E-state index in [9.17, 15) is 4.79 Å². The van der Waals surface area contributed by atoms with Gasteiger partial charge in [-0.2, -0.15) is 0 Å². The van der Waals surface area contributed by atoms with Crippen molar-refractivity contribution >= 4 is 24.1 Å². The van der Waals surface area contributed by atoms with Crippen molar-refractivity contribution in [3.05, 3.63) is 42.0 Å². The molecule has 0 N–H and O–H groups in total. The fourth-order valence-corrected chi connectivity index (χ4v) is 3.09. The number of allylic oxidation sites excluding steroid dienone is 2. The van der Waals surface area contributed by atoms with Gasteiger partial charge in [-0.15, -0.1) is 0 Å². The fraction of sp³-hybridized carbons (Fsp3) is 0.308. The van der Waals surface area contributed by atoms with E-state index in [1.165, 1.54) is 18.4 Å². The summed E-state index contributed by atoms with van der Waals surface area (Å²) in [5, 5.41) is 0. The van der Waals surface area contributed by atoms with Crippen LogP contribution in [0.4, 0.5) is 0 Å². The molecule has 2 heteroatoms. The molecule has 0 aromatic heterocycles. The third-order valence-corrected chi connectivity index (χ3v) is 4.26. The van der Waals surface area contributed by atoms with Crippen molar-refractivity contribution in [3.8, 4) is 0 Å². The van der Waals surface area contributed by atoms with E-state index in [1.807, 2.05) is 36.4 Å². The Kier molecular flexibility index (Phi) is 3.40. The van der Waals surface area contributed by atoms with Gasteiger partial charge < -0.3 is 0 Å². The van der Waals surface area contributed by atoms with Crippen LogP contribution in [0.25, 0.3) is 0 Å². The van der Waals surface area contributed by atoms with Gasteiger partial charge >= 0.3 is 96.6 Å². The van der Waals surface area contributed by atoms with Crippen LogP contribution in [0.1, 0.15) is 19.8 Å². The zero-order chi connectivity index (χ0) is 10.7. The molecule has 0 heterocycles. The minimum absolute atomic E-state index is 0.0442. The molecule has 2 rings (SSSR count). The molecule has 1 nitrogen and oxygen atoms in total. The molecule has 1 fully saturated rings. The fourth-order valence-electron chi connectivity index (χ4n) is 1.48. The zero-order valence-electron chi connectivity index (χ0n) is 8.77. The Bertz CT molecular complexity index is 377. The summed E-state index contributed by atoms with van der Waals surface area (Å²) in [5.41, 5.74) is 1.28. The van der Waals surface area contributed by atoms with E-state index in [0.717, 1.165) is 4.46 Å². The Balaban J connectivity index is 1.95. The van der Waals surface area contributed by atoms with Crippen LogP contribution >= 0.6 is 0 Å². The van der Waals surface area contributed by atoms with Crippen LogP contribution in [-0.2, 0) is 4.79 Å². The van der Waals surface area contributed by atoms with Crippen LogP contribution in [0.15, 0.2) is 42.0 Å². The van der Waals surface area contributed by atoms with Crippen molar-refractivity contribution in [1.29, 1.82) is 0 Å². The van der Waals surface area contributed by atoms with Gasteiger partial charge in [0.25, 0.3) is 0 Å². The Morgan fingerprint density at radius 1 is 1.33 bits per heavy atom. The summed E-state index contributed by atoms with van der Waals surface area (Å²) in [5.74, 6) is 0.709. The predicted molar refractivity (Wildman–Crippen MR) is 63.3 cm³/mol. The number of hydrogen-bond donors (Lipinski definition) is 0. The molecular weight excluding hydrogens is 251 g/mol. The van der Waals surface area contributed by atoms with Crippen molar-refractivity contribution in [3.63, 3.8) is 0 Å². The molecule has 0 aliphatic heterocycles. The van der Waals surface area contributed by atoms with Crippen LogP contribution in [0.3, 0.4) is 0 Å².